The zero-order chi connectivity index (χ0) is 12.3. The van der Waals surface area contributed by atoms with Crippen LogP contribution in [-0.2, 0) is 6.42 Å². The highest BCUT2D eigenvalue weighted by Gasteiger charge is 2.13. The molecule has 0 saturated heterocycles. The molecule has 1 N–H and O–H groups in total. The Morgan fingerprint density at radius 3 is 2.76 bits per heavy atom. The maximum atomic E-state index is 10.2. The summed E-state index contributed by atoms with van der Waals surface area (Å²) >= 11 is 6.03. The van der Waals surface area contributed by atoms with Gasteiger partial charge in [0.25, 0.3) is 0 Å². The monoisotopic (exact) mass is 247 g/mol. The smallest absolute Gasteiger partial charge is 0.0848 e. The van der Waals surface area contributed by atoms with Gasteiger partial charge in [-0.3, -0.25) is 4.98 Å². The van der Waals surface area contributed by atoms with E-state index in [1.54, 1.807) is 6.20 Å². The van der Waals surface area contributed by atoms with Gasteiger partial charge in [0, 0.05) is 23.3 Å². The molecule has 0 aliphatic rings. The van der Waals surface area contributed by atoms with Gasteiger partial charge in [-0.25, -0.2) is 0 Å². The van der Waals surface area contributed by atoms with Gasteiger partial charge in [-0.15, -0.1) is 0 Å². The molecule has 1 aromatic heterocycles. The summed E-state index contributed by atoms with van der Waals surface area (Å²) in [6.07, 6.45) is 1.66. The lowest BCUT2D eigenvalue weighted by molar-refractivity contribution is 0.176. The van der Waals surface area contributed by atoms with E-state index in [0.717, 1.165) is 16.8 Å². The number of hydrogen-bond acceptors (Lipinski definition) is 2. The number of benzene rings is 1. The average molecular weight is 248 g/mol. The summed E-state index contributed by atoms with van der Waals surface area (Å²) in [6.45, 7) is 1.92. The molecular formula is C14H14ClNO. The third-order valence-corrected chi connectivity index (χ3v) is 3.21. The quantitative estimate of drug-likeness (QED) is 0.903. The SMILES string of the molecule is Cc1c(Cl)cccc1C(O)Cc1ccccn1. The molecule has 0 aliphatic carbocycles. The molecule has 2 aromatic rings. The Morgan fingerprint density at radius 2 is 2.06 bits per heavy atom. The van der Waals surface area contributed by atoms with Gasteiger partial charge in [-0.1, -0.05) is 29.8 Å². The largest absolute Gasteiger partial charge is 0.388 e. The van der Waals surface area contributed by atoms with Crippen molar-refractivity contribution < 1.29 is 5.11 Å². The van der Waals surface area contributed by atoms with Crippen molar-refractivity contribution in [2.45, 2.75) is 19.4 Å². The Hall–Kier alpha value is -1.38. The summed E-state index contributed by atoms with van der Waals surface area (Å²) in [5.41, 5.74) is 2.67. The molecule has 2 nitrogen and oxygen atoms in total. The molecule has 2 rings (SSSR count). The van der Waals surface area contributed by atoms with Crippen LogP contribution in [0.25, 0.3) is 0 Å². The first-order valence-corrected chi connectivity index (χ1v) is 5.89. The molecule has 0 radical (unpaired) electrons. The highest BCUT2D eigenvalue weighted by Crippen LogP contribution is 2.25. The van der Waals surface area contributed by atoms with Crippen molar-refractivity contribution in [1.29, 1.82) is 0 Å². The van der Waals surface area contributed by atoms with E-state index in [2.05, 4.69) is 4.98 Å². The van der Waals surface area contributed by atoms with Crippen LogP contribution in [0.5, 0.6) is 0 Å². The first kappa shape index (κ1) is 12.1. The van der Waals surface area contributed by atoms with Crippen molar-refractivity contribution in [2.75, 3.05) is 0 Å². The van der Waals surface area contributed by atoms with Crippen molar-refractivity contribution in [3.63, 3.8) is 0 Å². The Labute approximate surface area is 106 Å². The van der Waals surface area contributed by atoms with Gasteiger partial charge in [-0.2, -0.15) is 0 Å². The molecule has 3 heteroatoms. The summed E-state index contributed by atoms with van der Waals surface area (Å²) in [5, 5.41) is 10.9. The molecule has 0 spiro atoms. The number of halogens is 1. The van der Waals surface area contributed by atoms with E-state index >= 15 is 0 Å². The van der Waals surface area contributed by atoms with Gasteiger partial charge < -0.3 is 5.11 Å². The zero-order valence-corrected chi connectivity index (χ0v) is 10.4. The van der Waals surface area contributed by atoms with E-state index in [1.807, 2.05) is 43.3 Å². The third kappa shape index (κ3) is 2.84. The minimum absolute atomic E-state index is 0.502. The van der Waals surface area contributed by atoms with Crippen molar-refractivity contribution in [1.82, 2.24) is 4.98 Å². The minimum Gasteiger partial charge on any atom is -0.388 e. The highest BCUT2D eigenvalue weighted by molar-refractivity contribution is 6.31. The molecule has 1 unspecified atom stereocenters. The highest BCUT2D eigenvalue weighted by atomic mass is 35.5. The standard InChI is InChI=1S/C14H14ClNO/c1-10-12(6-4-7-13(10)15)14(17)9-11-5-2-3-8-16-11/h2-8,14,17H,9H2,1H3. The topological polar surface area (TPSA) is 33.1 Å². The number of nitrogens with zero attached hydrogens (tertiary/aromatic N) is 1. The average Bonchev–Trinajstić information content (AvgIpc) is 2.34. The molecule has 0 amide bonds. The molecule has 1 heterocycles. The van der Waals surface area contributed by atoms with Crippen molar-refractivity contribution in [2.24, 2.45) is 0 Å². The number of hydrogen-bond donors (Lipinski definition) is 1. The molecule has 17 heavy (non-hydrogen) atoms. The van der Waals surface area contributed by atoms with Crippen molar-refractivity contribution >= 4 is 11.6 Å². The van der Waals surface area contributed by atoms with Gasteiger partial charge in [0.2, 0.25) is 0 Å². The second-order valence-electron chi connectivity index (χ2n) is 4.00. The lowest BCUT2D eigenvalue weighted by atomic mass is 10.00. The molecule has 1 atom stereocenters. The maximum Gasteiger partial charge on any atom is 0.0848 e. The summed E-state index contributed by atoms with van der Waals surface area (Å²) in [6, 6.07) is 11.3. The van der Waals surface area contributed by atoms with E-state index in [1.165, 1.54) is 0 Å². The predicted octanol–water partition coefficient (Wildman–Crippen LogP) is 3.32. The minimum atomic E-state index is -0.566. The van der Waals surface area contributed by atoms with Crippen LogP contribution in [0.3, 0.4) is 0 Å². The van der Waals surface area contributed by atoms with Crippen LogP contribution in [-0.4, -0.2) is 10.1 Å². The molecule has 0 fully saturated rings. The summed E-state index contributed by atoms with van der Waals surface area (Å²) in [4.78, 5) is 4.20. The summed E-state index contributed by atoms with van der Waals surface area (Å²) in [5.74, 6) is 0. The number of aliphatic hydroxyl groups excluding tert-OH is 1. The Balaban J connectivity index is 2.20. The second kappa shape index (κ2) is 5.30. The van der Waals surface area contributed by atoms with Crippen LogP contribution in [0.4, 0.5) is 0 Å². The maximum absolute atomic E-state index is 10.2. The van der Waals surface area contributed by atoms with Gasteiger partial charge in [0.15, 0.2) is 0 Å². The number of aromatic nitrogens is 1. The summed E-state index contributed by atoms with van der Waals surface area (Å²) < 4.78 is 0. The molecule has 0 aliphatic heterocycles. The zero-order valence-electron chi connectivity index (χ0n) is 9.60. The molecular weight excluding hydrogens is 234 g/mol. The van der Waals surface area contributed by atoms with E-state index in [-0.39, 0.29) is 0 Å². The van der Waals surface area contributed by atoms with Crippen LogP contribution in [0, 0.1) is 6.92 Å². The van der Waals surface area contributed by atoms with Crippen LogP contribution in [0.15, 0.2) is 42.6 Å². The normalized spacial score (nSPS) is 12.4. The second-order valence-corrected chi connectivity index (χ2v) is 4.40. The fourth-order valence-electron chi connectivity index (χ4n) is 1.81. The predicted molar refractivity (Wildman–Crippen MR) is 69.1 cm³/mol. The Kier molecular flexibility index (Phi) is 3.77. The van der Waals surface area contributed by atoms with E-state index in [9.17, 15) is 5.11 Å². The van der Waals surface area contributed by atoms with Crippen LogP contribution >= 0.6 is 11.6 Å². The van der Waals surface area contributed by atoms with Crippen molar-refractivity contribution in [3.05, 3.63) is 64.4 Å². The van der Waals surface area contributed by atoms with Crippen LogP contribution < -0.4 is 0 Å². The molecule has 0 saturated carbocycles. The number of rotatable bonds is 3. The van der Waals surface area contributed by atoms with Gasteiger partial charge in [-0.05, 0) is 36.2 Å². The first-order valence-electron chi connectivity index (χ1n) is 5.51. The van der Waals surface area contributed by atoms with Crippen LogP contribution in [0.2, 0.25) is 5.02 Å². The number of aliphatic hydroxyl groups is 1. The molecule has 1 aromatic carbocycles. The Bertz CT molecular complexity index is 499. The third-order valence-electron chi connectivity index (χ3n) is 2.80. The van der Waals surface area contributed by atoms with E-state index in [4.69, 9.17) is 11.6 Å². The Morgan fingerprint density at radius 1 is 1.24 bits per heavy atom. The first-order chi connectivity index (χ1) is 8.18. The fourth-order valence-corrected chi connectivity index (χ4v) is 1.99. The fraction of sp³-hybridized carbons (Fsp3) is 0.214. The van der Waals surface area contributed by atoms with Gasteiger partial charge in [0.1, 0.15) is 0 Å². The van der Waals surface area contributed by atoms with Gasteiger partial charge >= 0.3 is 0 Å². The van der Waals surface area contributed by atoms with Crippen molar-refractivity contribution in [3.8, 4) is 0 Å². The van der Waals surface area contributed by atoms with E-state index < -0.39 is 6.10 Å². The van der Waals surface area contributed by atoms with Gasteiger partial charge in [0.05, 0.1) is 6.10 Å². The summed E-state index contributed by atoms with van der Waals surface area (Å²) in [7, 11) is 0. The lowest BCUT2D eigenvalue weighted by Gasteiger charge is -2.14. The molecule has 0 bridgehead atoms. The number of pyridine rings is 1. The van der Waals surface area contributed by atoms with Crippen LogP contribution in [0.1, 0.15) is 22.9 Å². The lowest BCUT2D eigenvalue weighted by Crippen LogP contribution is -2.05. The molecule has 88 valence electrons. The van der Waals surface area contributed by atoms with E-state index in [0.29, 0.717) is 11.4 Å².